The smallest absolute Gasteiger partial charge is 0.244 e. The van der Waals surface area contributed by atoms with Gasteiger partial charge in [0.1, 0.15) is 0 Å². The molecular weight excluding hydrogens is 144 g/mol. The maximum Gasteiger partial charge on any atom is 0.244 e. The third kappa shape index (κ3) is 1.50. The monoisotopic (exact) mass is 156 g/mol. The minimum atomic E-state index is -0.240. The third-order valence-corrected chi connectivity index (χ3v) is 2.25. The van der Waals surface area contributed by atoms with Gasteiger partial charge in [0.05, 0.1) is 0 Å². The average molecular weight is 156 g/mol. The van der Waals surface area contributed by atoms with Gasteiger partial charge in [-0.05, 0) is 12.8 Å². The first-order valence-electron chi connectivity index (χ1n) is 3.69. The Morgan fingerprint density at radius 3 is 2.55 bits per heavy atom. The highest BCUT2D eigenvalue weighted by molar-refractivity contribution is 5.83. The van der Waals surface area contributed by atoms with Gasteiger partial charge in [-0.3, -0.25) is 20.4 Å². The Morgan fingerprint density at radius 1 is 1.55 bits per heavy atom. The number of rotatable bonds is 3. The van der Waals surface area contributed by atoms with Crippen LogP contribution in [-0.2, 0) is 9.59 Å². The van der Waals surface area contributed by atoms with Crippen molar-refractivity contribution in [1.82, 2.24) is 10.9 Å². The zero-order chi connectivity index (χ0) is 8.32. The van der Waals surface area contributed by atoms with E-state index in [1.165, 1.54) is 0 Å². The summed E-state index contributed by atoms with van der Waals surface area (Å²) in [6.07, 6.45) is 3.39. The van der Waals surface area contributed by atoms with Gasteiger partial charge in [0.25, 0.3) is 0 Å². The predicted octanol–water partition coefficient (Wildman–Crippen LogP) is -0.0462. The first kappa shape index (κ1) is 8.04. The van der Waals surface area contributed by atoms with Crippen molar-refractivity contribution in [3.8, 4) is 0 Å². The highest BCUT2D eigenvalue weighted by atomic mass is 16.2. The molecule has 2 amide bonds. The molecule has 0 bridgehead atoms. The molecule has 2 N–H and O–H groups in total. The van der Waals surface area contributed by atoms with E-state index in [1.807, 2.05) is 6.92 Å². The van der Waals surface area contributed by atoms with Crippen LogP contribution in [0.1, 0.15) is 26.2 Å². The zero-order valence-electron chi connectivity index (χ0n) is 6.52. The normalized spacial score (nSPS) is 19.7. The molecule has 4 nitrogen and oxygen atoms in total. The van der Waals surface area contributed by atoms with Gasteiger partial charge in [0, 0.05) is 5.41 Å². The topological polar surface area (TPSA) is 58.2 Å². The molecule has 4 heteroatoms. The van der Waals surface area contributed by atoms with Crippen LogP contribution in [0.15, 0.2) is 0 Å². The summed E-state index contributed by atoms with van der Waals surface area (Å²) in [6.45, 7) is 1.90. The fourth-order valence-corrected chi connectivity index (χ4v) is 1.18. The van der Waals surface area contributed by atoms with Gasteiger partial charge in [-0.25, -0.2) is 0 Å². The summed E-state index contributed by atoms with van der Waals surface area (Å²) in [5.41, 5.74) is 4.22. The lowest BCUT2D eigenvalue weighted by atomic mass is 9.70. The lowest BCUT2D eigenvalue weighted by molar-refractivity contribution is -0.136. The molecule has 0 aliphatic heterocycles. The fourth-order valence-electron chi connectivity index (χ4n) is 1.18. The summed E-state index contributed by atoms with van der Waals surface area (Å²) in [7, 11) is 0. The summed E-state index contributed by atoms with van der Waals surface area (Å²) in [6, 6.07) is 0. The Hall–Kier alpha value is -1.06. The molecule has 0 radical (unpaired) electrons. The second-order valence-corrected chi connectivity index (χ2v) is 3.13. The molecule has 0 atom stereocenters. The van der Waals surface area contributed by atoms with Crippen LogP contribution in [0.4, 0.5) is 0 Å². The fraction of sp³-hybridized carbons (Fsp3) is 0.714. The Bertz CT molecular complexity index is 175. The van der Waals surface area contributed by atoms with Crippen LogP contribution in [0.2, 0.25) is 0 Å². The van der Waals surface area contributed by atoms with E-state index in [1.54, 1.807) is 0 Å². The molecule has 1 aliphatic carbocycles. The van der Waals surface area contributed by atoms with Gasteiger partial charge in [0.15, 0.2) is 0 Å². The lowest BCUT2D eigenvalue weighted by Crippen LogP contribution is -2.48. The lowest BCUT2D eigenvalue weighted by Gasteiger charge is -2.36. The number of carbonyl (C=O) groups is 2. The molecule has 0 spiro atoms. The van der Waals surface area contributed by atoms with Gasteiger partial charge in [-0.2, -0.15) is 0 Å². The molecule has 0 saturated heterocycles. The van der Waals surface area contributed by atoms with Gasteiger partial charge in [-0.15, -0.1) is 0 Å². The van der Waals surface area contributed by atoms with Crippen LogP contribution >= 0.6 is 0 Å². The Balaban J connectivity index is 2.34. The van der Waals surface area contributed by atoms with Crippen LogP contribution in [-0.4, -0.2) is 12.3 Å². The van der Waals surface area contributed by atoms with E-state index in [-0.39, 0.29) is 11.3 Å². The molecule has 0 aromatic rings. The molecule has 1 aliphatic rings. The minimum absolute atomic E-state index is 0.0872. The predicted molar refractivity (Wildman–Crippen MR) is 39.3 cm³/mol. The van der Waals surface area contributed by atoms with E-state index in [2.05, 4.69) is 10.9 Å². The van der Waals surface area contributed by atoms with Gasteiger partial charge in [-0.1, -0.05) is 13.3 Å². The second-order valence-electron chi connectivity index (χ2n) is 3.13. The maximum absolute atomic E-state index is 11.2. The number of carbonyl (C=O) groups excluding carboxylic acids is 2. The average Bonchev–Trinajstić information content (AvgIpc) is 1.95. The molecular formula is C7H12N2O2. The highest BCUT2D eigenvalue weighted by Gasteiger charge is 2.39. The summed E-state index contributed by atoms with van der Waals surface area (Å²) < 4.78 is 0. The van der Waals surface area contributed by atoms with E-state index >= 15 is 0 Å². The van der Waals surface area contributed by atoms with Crippen molar-refractivity contribution >= 4 is 12.3 Å². The van der Waals surface area contributed by atoms with Gasteiger partial charge < -0.3 is 0 Å². The van der Waals surface area contributed by atoms with Crippen molar-refractivity contribution in [2.45, 2.75) is 26.2 Å². The van der Waals surface area contributed by atoms with E-state index in [9.17, 15) is 9.59 Å². The summed E-state index contributed by atoms with van der Waals surface area (Å²) in [5.74, 6) is -0.0872. The first-order chi connectivity index (χ1) is 5.19. The van der Waals surface area contributed by atoms with Crippen LogP contribution in [0, 0.1) is 5.41 Å². The van der Waals surface area contributed by atoms with E-state index in [4.69, 9.17) is 0 Å². The number of hydrogen-bond donors (Lipinski definition) is 2. The molecule has 0 aromatic heterocycles. The van der Waals surface area contributed by atoms with Gasteiger partial charge >= 0.3 is 0 Å². The maximum atomic E-state index is 11.2. The molecule has 0 heterocycles. The SMILES string of the molecule is CC1(C(=O)NNC=O)CCC1. The summed E-state index contributed by atoms with van der Waals surface area (Å²) >= 11 is 0. The number of hydrazine groups is 1. The Labute approximate surface area is 65.3 Å². The van der Waals surface area contributed by atoms with Crippen LogP contribution in [0.25, 0.3) is 0 Å². The Kier molecular flexibility index (Phi) is 2.12. The van der Waals surface area contributed by atoms with Crippen LogP contribution < -0.4 is 10.9 Å². The third-order valence-electron chi connectivity index (χ3n) is 2.25. The minimum Gasteiger partial charge on any atom is -0.277 e. The van der Waals surface area contributed by atoms with Gasteiger partial charge in [0.2, 0.25) is 12.3 Å². The van der Waals surface area contributed by atoms with Crippen molar-refractivity contribution in [1.29, 1.82) is 0 Å². The molecule has 1 saturated carbocycles. The molecule has 1 fully saturated rings. The van der Waals surface area contributed by atoms with E-state index < -0.39 is 0 Å². The van der Waals surface area contributed by atoms with Crippen molar-refractivity contribution in [2.24, 2.45) is 5.41 Å². The number of amides is 2. The zero-order valence-corrected chi connectivity index (χ0v) is 6.52. The van der Waals surface area contributed by atoms with Crippen molar-refractivity contribution in [3.63, 3.8) is 0 Å². The molecule has 1 rings (SSSR count). The summed E-state index contributed by atoms with van der Waals surface area (Å²) in [5, 5.41) is 0. The van der Waals surface area contributed by atoms with E-state index in [0.29, 0.717) is 6.41 Å². The molecule has 0 aromatic carbocycles. The second kappa shape index (κ2) is 2.90. The van der Waals surface area contributed by atoms with Crippen LogP contribution in [0.5, 0.6) is 0 Å². The van der Waals surface area contributed by atoms with Crippen molar-refractivity contribution < 1.29 is 9.59 Å². The largest absolute Gasteiger partial charge is 0.277 e. The standard InChI is InChI=1S/C7H12N2O2/c1-7(3-2-4-7)6(11)9-8-5-10/h5H,2-4H2,1H3,(H,8,10)(H,9,11). The molecule has 62 valence electrons. The molecule has 11 heavy (non-hydrogen) atoms. The van der Waals surface area contributed by atoms with Crippen molar-refractivity contribution in [3.05, 3.63) is 0 Å². The quantitative estimate of drug-likeness (QED) is 0.444. The summed E-state index contributed by atoms with van der Waals surface area (Å²) in [4.78, 5) is 21.0. The number of nitrogens with one attached hydrogen (secondary N) is 2. The highest BCUT2D eigenvalue weighted by Crippen LogP contribution is 2.40. The van der Waals surface area contributed by atoms with E-state index in [0.717, 1.165) is 19.3 Å². The van der Waals surface area contributed by atoms with Crippen LogP contribution in [0.3, 0.4) is 0 Å². The Morgan fingerprint density at radius 2 is 2.18 bits per heavy atom. The van der Waals surface area contributed by atoms with Crippen molar-refractivity contribution in [2.75, 3.05) is 0 Å². The first-order valence-corrected chi connectivity index (χ1v) is 3.69. The molecule has 0 unspecified atom stereocenters. The number of hydrogen-bond acceptors (Lipinski definition) is 2.